The highest BCUT2D eigenvalue weighted by Gasteiger charge is 2.17. The quantitative estimate of drug-likeness (QED) is 0.881. The molecule has 0 aliphatic carbocycles. The molecule has 0 aliphatic heterocycles. The number of hydrogen-bond donors (Lipinski definition) is 2. The van der Waals surface area contributed by atoms with Gasteiger partial charge in [-0.15, -0.1) is 0 Å². The number of rotatable bonds is 5. The zero-order chi connectivity index (χ0) is 14.5. The van der Waals surface area contributed by atoms with Crippen molar-refractivity contribution in [1.29, 1.82) is 0 Å². The zero-order valence-electron chi connectivity index (χ0n) is 11.0. The van der Waals surface area contributed by atoms with Crippen LogP contribution in [0.4, 0.5) is 0 Å². The van der Waals surface area contributed by atoms with Crippen LogP contribution in [-0.4, -0.2) is 17.6 Å². The third-order valence-electron chi connectivity index (χ3n) is 3.10. The fourth-order valence-corrected chi connectivity index (χ4v) is 2.10. The minimum atomic E-state index is -0.828. The molecule has 1 heterocycles. The molecule has 4 nitrogen and oxygen atoms in total. The number of carbonyl (C=O) groups excluding carboxylic acids is 1. The molecular weight excluding hydrogens is 322 g/mol. The van der Waals surface area contributed by atoms with Crippen LogP contribution in [0.25, 0.3) is 0 Å². The summed E-state index contributed by atoms with van der Waals surface area (Å²) in [6.45, 7) is 1.96. The van der Waals surface area contributed by atoms with Gasteiger partial charge in [0.15, 0.2) is 0 Å². The van der Waals surface area contributed by atoms with Crippen molar-refractivity contribution in [3.8, 4) is 0 Å². The van der Waals surface area contributed by atoms with Crippen molar-refractivity contribution in [2.24, 2.45) is 0 Å². The highest BCUT2D eigenvalue weighted by molar-refractivity contribution is 9.10. The van der Waals surface area contributed by atoms with Crippen LogP contribution in [0.1, 0.15) is 30.3 Å². The fraction of sp³-hybridized carbons (Fsp3) is 0.267. The van der Waals surface area contributed by atoms with Gasteiger partial charge in [-0.05, 0) is 36.8 Å². The van der Waals surface area contributed by atoms with Gasteiger partial charge >= 0.3 is 0 Å². The first-order valence-corrected chi connectivity index (χ1v) is 7.12. The number of aliphatic hydroxyl groups is 1. The normalized spacial score (nSPS) is 13.8. The standard InChI is InChI=1S/C15H16BrNO3/c1-10(11-4-6-12(16)7-5-11)15(19)17-9-13(18)14-3-2-8-20-14/h2-8,10,13,18H,9H2,1H3,(H,17,19)/t10-,13+/m0/s1. The first-order valence-electron chi connectivity index (χ1n) is 6.32. The first-order chi connectivity index (χ1) is 9.58. The summed E-state index contributed by atoms with van der Waals surface area (Å²) < 4.78 is 6.05. The Morgan fingerprint density at radius 3 is 2.65 bits per heavy atom. The van der Waals surface area contributed by atoms with E-state index in [0.717, 1.165) is 10.0 Å². The summed E-state index contributed by atoms with van der Waals surface area (Å²) in [6.07, 6.45) is 0.663. The van der Waals surface area contributed by atoms with Crippen LogP contribution >= 0.6 is 15.9 Å². The molecule has 2 rings (SSSR count). The van der Waals surface area contributed by atoms with Crippen molar-refractivity contribution in [2.45, 2.75) is 18.9 Å². The Morgan fingerprint density at radius 2 is 2.05 bits per heavy atom. The smallest absolute Gasteiger partial charge is 0.227 e. The van der Waals surface area contributed by atoms with Crippen LogP contribution in [0.5, 0.6) is 0 Å². The molecule has 0 fully saturated rings. The van der Waals surface area contributed by atoms with Crippen molar-refractivity contribution in [2.75, 3.05) is 6.54 Å². The molecule has 2 N–H and O–H groups in total. The molecule has 2 aromatic rings. The molecule has 0 saturated heterocycles. The summed E-state index contributed by atoms with van der Waals surface area (Å²) in [7, 11) is 0. The van der Waals surface area contributed by atoms with Gasteiger partial charge in [-0.2, -0.15) is 0 Å². The summed E-state index contributed by atoms with van der Waals surface area (Å²) >= 11 is 3.36. The van der Waals surface area contributed by atoms with Gasteiger partial charge in [0.25, 0.3) is 0 Å². The fourth-order valence-electron chi connectivity index (χ4n) is 1.83. The van der Waals surface area contributed by atoms with Gasteiger partial charge in [0.2, 0.25) is 5.91 Å². The van der Waals surface area contributed by atoms with Gasteiger partial charge in [0.05, 0.1) is 18.7 Å². The second-order valence-electron chi connectivity index (χ2n) is 4.55. The monoisotopic (exact) mass is 337 g/mol. The Kier molecular flexibility index (Phi) is 4.98. The molecule has 0 radical (unpaired) electrons. The Morgan fingerprint density at radius 1 is 1.35 bits per heavy atom. The van der Waals surface area contributed by atoms with Crippen molar-refractivity contribution >= 4 is 21.8 Å². The largest absolute Gasteiger partial charge is 0.467 e. The van der Waals surface area contributed by atoms with Crippen LogP contribution in [0.2, 0.25) is 0 Å². The zero-order valence-corrected chi connectivity index (χ0v) is 12.6. The molecule has 1 amide bonds. The van der Waals surface area contributed by atoms with Gasteiger partial charge in [-0.1, -0.05) is 28.1 Å². The second-order valence-corrected chi connectivity index (χ2v) is 5.47. The van der Waals surface area contributed by atoms with Gasteiger partial charge in [-0.3, -0.25) is 4.79 Å². The maximum absolute atomic E-state index is 12.0. The van der Waals surface area contributed by atoms with Crippen molar-refractivity contribution < 1.29 is 14.3 Å². The average molecular weight is 338 g/mol. The van der Waals surface area contributed by atoms with E-state index in [1.165, 1.54) is 6.26 Å². The minimum absolute atomic E-state index is 0.127. The predicted octanol–water partition coefficient (Wildman–Crippen LogP) is 3.00. The summed E-state index contributed by atoms with van der Waals surface area (Å²) in [5.41, 5.74) is 0.929. The number of furan rings is 1. The predicted molar refractivity (Wildman–Crippen MR) is 79.2 cm³/mol. The second kappa shape index (κ2) is 6.72. The molecule has 2 atom stereocenters. The minimum Gasteiger partial charge on any atom is -0.467 e. The maximum atomic E-state index is 12.0. The van der Waals surface area contributed by atoms with E-state index in [-0.39, 0.29) is 18.4 Å². The van der Waals surface area contributed by atoms with E-state index in [9.17, 15) is 9.90 Å². The molecule has 0 spiro atoms. The molecule has 0 aliphatic rings. The SMILES string of the molecule is C[C@H](C(=O)NC[C@@H](O)c1ccco1)c1ccc(Br)cc1. The molecule has 1 aromatic carbocycles. The Hall–Kier alpha value is -1.59. The Labute approximate surface area is 125 Å². The van der Waals surface area contributed by atoms with E-state index in [0.29, 0.717) is 5.76 Å². The molecule has 0 bridgehead atoms. The highest BCUT2D eigenvalue weighted by atomic mass is 79.9. The van der Waals surface area contributed by atoms with Gasteiger partial charge in [-0.25, -0.2) is 0 Å². The van der Waals surface area contributed by atoms with Crippen molar-refractivity contribution in [1.82, 2.24) is 5.32 Å². The number of halogens is 1. The first kappa shape index (κ1) is 14.8. The Bertz CT molecular complexity index is 551. The summed E-state index contributed by atoms with van der Waals surface area (Å²) in [4.78, 5) is 12.0. The number of hydrogen-bond acceptors (Lipinski definition) is 3. The molecule has 106 valence electrons. The van der Waals surface area contributed by atoms with Crippen LogP contribution in [0.15, 0.2) is 51.6 Å². The third-order valence-corrected chi connectivity index (χ3v) is 3.63. The van der Waals surface area contributed by atoms with Crippen LogP contribution in [0.3, 0.4) is 0 Å². The van der Waals surface area contributed by atoms with Gasteiger partial charge in [0, 0.05) is 4.47 Å². The lowest BCUT2D eigenvalue weighted by Gasteiger charge is -2.14. The van der Waals surface area contributed by atoms with Crippen LogP contribution in [0, 0.1) is 0 Å². The molecule has 0 saturated carbocycles. The molecular formula is C15H16BrNO3. The number of amides is 1. The molecule has 0 unspecified atom stereocenters. The summed E-state index contributed by atoms with van der Waals surface area (Å²) in [5.74, 6) is 0.0476. The van der Waals surface area contributed by atoms with E-state index < -0.39 is 6.10 Å². The highest BCUT2D eigenvalue weighted by Crippen LogP contribution is 2.19. The lowest BCUT2D eigenvalue weighted by atomic mass is 10.0. The lowest BCUT2D eigenvalue weighted by molar-refractivity contribution is -0.122. The van der Waals surface area contributed by atoms with E-state index in [4.69, 9.17) is 4.42 Å². The van der Waals surface area contributed by atoms with Crippen molar-refractivity contribution in [3.63, 3.8) is 0 Å². The maximum Gasteiger partial charge on any atom is 0.227 e. The number of nitrogens with one attached hydrogen (secondary N) is 1. The summed E-state index contributed by atoms with van der Waals surface area (Å²) in [6, 6.07) is 11.0. The number of benzene rings is 1. The summed E-state index contributed by atoms with van der Waals surface area (Å²) in [5, 5.41) is 12.6. The van der Waals surface area contributed by atoms with Crippen LogP contribution in [-0.2, 0) is 4.79 Å². The van der Waals surface area contributed by atoms with Crippen LogP contribution < -0.4 is 5.32 Å². The lowest BCUT2D eigenvalue weighted by Crippen LogP contribution is -2.31. The number of carbonyl (C=O) groups is 1. The molecule has 5 heteroatoms. The van der Waals surface area contributed by atoms with Gasteiger partial charge < -0.3 is 14.8 Å². The molecule has 1 aromatic heterocycles. The third kappa shape index (κ3) is 3.71. The number of aliphatic hydroxyl groups excluding tert-OH is 1. The molecule has 20 heavy (non-hydrogen) atoms. The van der Waals surface area contributed by atoms with E-state index in [1.54, 1.807) is 12.1 Å². The topological polar surface area (TPSA) is 62.5 Å². The average Bonchev–Trinajstić information content (AvgIpc) is 2.98. The van der Waals surface area contributed by atoms with E-state index >= 15 is 0 Å². The van der Waals surface area contributed by atoms with E-state index in [1.807, 2.05) is 31.2 Å². The van der Waals surface area contributed by atoms with Gasteiger partial charge in [0.1, 0.15) is 11.9 Å². The Balaban J connectivity index is 1.90. The van der Waals surface area contributed by atoms with Crippen molar-refractivity contribution in [3.05, 3.63) is 58.5 Å². The van der Waals surface area contributed by atoms with E-state index in [2.05, 4.69) is 21.2 Å².